The van der Waals surface area contributed by atoms with E-state index in [4.69, 9.17) is 16.3 Å². The van der Waals surface area contributed by atoms with E-state index in [9.17, 15) is 14.4 Å². The summed E-state index contributed by atoms with van der Waals surface area (Å²) in [4.78, 5) is 40.0. The van der Waals surface area contributed by atoms with Crippen LogP contribution in [0, 0.1) is 0 Å². The predicted molar refractivity (Wildman–Crippen MR) is 113 cm³/mol. The minimum absolute atomic E-state index is 0.0139. The standard InChI is InChI=1S/C22H22ClN3O4/c23-17-4-1-15(2-5-17)22(29)26-11-9-25(10-12-26)21(28)14-30-18-6-7-19-16(13-18)3-8-20(27)24-19/h1-2,4-7,13H,3,8-12,14H2,(H,24,27). The number of carbonyl (C=O) groups excluding carboxylic acids is 3. The lowest BCUT2D eigenvalue weighted by Crippen LogP contribution is -2.51. The first-order chi connectivity index (χ1) is 14.5. The van der Waals surface area contributed by atoms with Crippen molar-refractivity contribution >= 4 is 35.0 Å². The largest absolute Gasteiger partial charge is 0.484 e. The molecule has 156 valence electrons. The van der Waals surface area contributed by atoms with Gasteiger partial charge in [0.2, 0.25) is 5.91 Å². The van der Waals surface area contributed by atoms with E-state index in [0.29, 0.717) is 55.4 Å². The van der Waals surface area contributed by atoms with Crippen LogP contribution < -0.4 is 10.1 Å². The zero-order valence-corrected chi connectivity index (χ0v) is 17.2. The normalized spacial score (nSPS) is 16.0. The first-order valence-corrected chi connectivity index (χ1v) is 10.3. The van der Waals surface area contributed by atoms with Gasteiger partial charge in [-0.3, -0.25) is 14.4 Å². The fraction of sp³-hybridized carbons (Fsp3) is 0.318. The van der Waals surface area contributed by atoms with Crippen LogP contribution >= 0.6 is 11.6 Å². The summed E-state index contributed by atoms with van der Waals surface area (Å²) >= 11 is 5.87. The second-order valence-electron chi connectivity index (χ2n) is 7.34. The van der Waals surface area contributed by atoms with E-state index in [1.165, 1.54) is 0 Å². The predicted octanol–water partition coefficient (Wildman–Crippen LogP) is 2.59. The number of piperazine rings is 1. The van der Waals surface area contributed by atoms with Crippen molar-refractivity contribution in [2.24, 2.45) is 0 Å². The number of amides is 3. The van der Waals surface area contributed by atoms with Gasteiger partial charge in [0.1, 0.15) is 5.75 Å². The highest BCUT2D eigenvalue weighted by Gasteiger charge is 2.25. The number of nitrogens with zero attached hydrogens (tertiary/aromatic N) is 2. The Labute approximate surface area is 179 Å². The summed E-state index contributed by atoms with van der Waals surface area (Å²) in [7, 11) is 0. The molecule has 3 amide bonds. The van der Waals surface area contributed by atoms with Crippen LogP contribution in [0.4, 0.5) is 5.69 Å². The lowest BCUT2D eigenvalue weighted by atomic mass is 10.0. The molecular weight excluding hydrogens is 406 g/mol. The van der Waals surface area contributed by atoms with Gasteiger partial charge in [0, 0.05) is 48.9 Å². The molecule has 0 bridgehead atoms. The van der Waals surface area contributed by atoms with Crippen molar-refractivity contribution in [1.29, 1.82) is 0 Å². The highest BCUT2D eigenvalue weighted by molar-refractivity contribution is 6.30. The fourth-order valence-corrected chi connectivity index (χ4v) is 3.75. The number of rotatable bonds is 4. The highest BCUT2D eigenvalue weighted by atomic mass is 35.5. The van der Waals surface area contributed by atoms with E-state index >= 15 is 0 Å². The molecule has 7 nitrogen and oxygen atoms in total. The maximum atomic E-state index is 12.6. The quantitative estimate of drug-likeness (QED) is 0.813. The first-order valence-electron chi connectivity index (χ1n) is 9.88. The molecule has 2 heterocycles. The van der Waals surface area contributed by atoms with Gasteiger partial charge in [-0.1, -0.05) is 11.6 Å². The van der Waals surface area contributed by atoms with Gasteiger partial charge in [-0.05, 0) is 54.4 Å². The first kappa shape index (κ1) is 20.2. The molecule has 2 aromatic carbocycles. The molecule has 0 saturated carbocycles. The zero-order valence-electron chi connectivity index (χ0n) is 16.4. The minimum atomic E-state index is -0.111. The Morgan fingerprint density at radius 3 is 2.40 bits per heavy atom. The molecule has 0 unspecified atom stereocenters. The van der Waals surface area contributed by atoms with Gasteiger partial charge >= 0.3 is 0 Å². The number of halogens is 1. The molecule has 0 spiro atoms. The number of fused-ring (bicyclic) bond motifs is 1. The number of hydrogen-bond acceptors (Lipinski definition) is 4. The van der Waals surface area contributed by atoms with Crippen molar-refractivity contribution in [2.45, 2.75) is 12.8 Å². The molecule has 2 aromatic rings. The summed E-state index contributed by atoms with van der Waals surface area (Å²) in [5.41, 5.74) is 2.39. The van der Waals surface area contributed by atoms with Gasteiger partial charge in [-0.2, -0.15) is 0 Å². The fourth-order valence-electron chi connectivity index (χ4n) is 3.62. The number of ether oxygens (including phenoxy) is 1. The summed E-state index contributed by atoms with van der Waals surface area (Å²) in [5, 5.41) is 3.41. The van der Waals surface area contributed by atoms with Crippen LogP contribution in [0.3, 0.4) is 0 Å². The summed E-state index contributed by atoms with van der Waals surface area (Å²) in [6, 6.07) is 12.2. The summed E-state index contributed by atoms with van der Waals surface area (Å²) < 4.78 is 5.67. The number of anilines is 1. The molecule has 1 saturated heterocycles. The SMILES string of the molecule is O=C1CCc2cc(OCC(=O)N3CCN(C(=O)c4ccc(Cl)cc4)CC3)ccc2N1. The van der Waals surface area contributed by atoms with E-state index in [2.05, 4.69) is 5.32 Å². The molecule has 8 heteroatoms. The van der Waals surface area contributed by atoms with Gasteiger partial charge in [0.15, 0.2) is 6.61 Å². The molecule has 0 aliphatic carbocycles. The molecule has 2 aliphatic rings. The summed E-state index contributed by atoms with van der Waals surface area (Å²) in [6.07, 6.45) is 1.12. The van der Waals surface area contributed by atoms with Crippen molar-refractivity contribution in [1.82, 2.24) is 9.80 Å². The molecule has 0 atom stereocenters. The lowest BCUT2D eigenvalue weighted by Gasteiger charge is -2.34. The van der Waals surface area contributed by atoms with Gasteiger partial charge < -0.3 is 19.9 Å². The third-order valence-electron chi connectivity index (χ3n) is 5.35. The van der Waals surface area contributed by atoms with Crippen LogP contribution in [0.25, 0.3) is 0 Å². The van der Waals surface area contributed by atoms with Crippen LogP contribution in [0.5, 0.6) is 5.75 Å². The van der Waals surface area contributed by atoms with Gasteiger partial charge in [-0.15, -0.1) is 0 Å². The van der Waals surface area contributed by atoms with Crippen LogP contribution in [0.2, 0.25) is 5.02 Å². The maximum absolute atomic E-state index is 12.6. The van der Waals surface area contributed by atoms with Crippen molar-refractivity contribution in [3.8, 4) is 5.75 Å². The average molecular weight is 428 g/mol. The molecule has 1 fully saturated rings. The number of aryl methyl sites for hydroxylation is 1. The van der Waals surface area contributed by atoms with E-state index in [0.717, 1.165) is 11.3 Å². The van der Waals surface area contributed by atoms with E-state index in [1.54, 1.807) is 46.2 Å². The van der Waals surface area contributed by atoms with Crippen molar-refractivity contribution in [2.75, 3.05) is 38.1 Å². The molecule has 4 rings (SSSR count). The van der Waals surface area contributed by atoms with Crippen LogP contribution in [-0.2, 0) is 16.0 Å². The van der Waals surface area contributed by atoms with Crippen molar-refractivity contribution in [3.05, 3.63) is 58.6 Å². The highest BCUT2D eigenvalue weighted by Crippen LogP contribution is 2.26. The smallest absolute Gasteiger partial charge is 0.260 e. The number of carbonyl (C=O) groups is 3. The van der Waals surface area contributed by atoms with Crippen LogP contribution in [0.15, 0.2) is 42.5 Å². The maximum Gasteiger partial charge on any atom is 0.260 e. The molecule has 1 N–H and O–H groups in total. The number of hydrogen-bond donors (Lipinski definition) is 1. The third-order valence-corrected chi connectivity index (χ3v) is 5.60. The Balaban J connectivity index is 1.27. The van der Waals surface area contributed by atoms with Crippen LogP contribution in [-0.4, -0.2) is 60.3 Å². The Morgan fingerprint density at radius 2 is 1.67 bits per heavy atom. The number of benzene rings is 2. The van der Waals surface area contributed by atoms with E-state index in [-0.39, 0.29) is 24.3 Å². The Kier molecular flexibility index (Phi) is 5.90. The third kappa shape index (κ3) is 4.57. The average Bonchev–Trinajstić information content (AvgIpc) is 2.77. The molecule has 0 aromatic heterocycles. The topological polar surface area (TPSA) is 79.0 Å². The Hall–Kier alpha value is -3.06. The molecule has 30 heavy (non-hydrogen) atoms. The van der Waals surface area contributed by atoms with Gasteiger partial charge in [0.05, 0.1) is 0 Å². The summed E-state index contributed by atoms with van der Waals surface area (Å²) in [6.45, 7) is 1.84. The Bertz CT molecular complexity index is 969. The second kappa shape index (κ2) is 8.75. The lowest BCUT2D eigenvalue weighted by molar-refractivity contribution is -0.134. The Morgan fingerprint density at radius 1 is 0.967 bits per heavy atom. The minimum Gasteiger partial charge on any atom is -0.484 e. The molecule has 2 aliphatic heterocycles. The second-order valence-corrected chi connectivity index (χ2v) is 7.77. The van der Waals surface area contributed by atoms with Crippen molar-refractivity contribution in [3.63, 3.8) is 0 Å². The monoisotopic (exact) mass is 427 g/mol. The molecule has 0 radical (unpaired) electrons. The van der Waals surface area contributed by atoms with Gasteiger partial charge in [-0.25, -0.2) is 0 Å². The van der Waals surface area contributed by atoms with Crippen molar-refractivity contribution < 1.29 is 19.1 Å². The summed E-state index contributed by atoms with van der Waals surface area (Å²) in [5.74, 6) is 0.450. The van der Waals surface area contributed by atoms with Crippen LogP contribution in [0.1, 0.15) is 22.3 Å². The van der Waals surface area contributed by atoms with Gasteiger partial charge in [0.25, 0.3) is 11.8 Å². The van der Waals surface area contributed by atoms with E-state index < -0.39 is 0 Å². The number of nitrogens with one attached hydrogen (secondary N) is 1. The van der Waals surface area contributed by atoms with E-state index in [1.807, 2.05) is 6.07 Å². The molecular formula is C22H22ClN3O4. The zero-order chi connectivity index (χ0) is 21.1.